The maximum absolute atomic E-state index is 5.63. The van der Waals surface area contributed by atoms with Crippen LogP contribution in [0.3, 0.4) is 0 Å². The van der Waals surface area contributed by atoms with Gasteiger partial charge in [-0.3, -0.25) is 0 Å². The van der Waals surface area contributed by atoms with Gasteiger partial charge in [0.2, 0.25) is 11.7 Å². The third kappa shape index (κ3) is 2.54. The summed E-state index contributed by atoms with van der Waals surface area (Å²) in [7, 11) is 1.72. The summed E-state index contributed by atoms with van der Waals surface area (Å²) in [6, 6.07) is 0.104. The van der Waals surface area contributed by atoms with Crippen molar-refractivity contribution in [3.8, 4) is 0 Å². The molecular formula is C11H17N3O3S. The van der Waals surface area contributed by atoms with Crippen molar-refractivity contribution >= 4 is 11.8 Å². The van der Waals surface area contributed by atoms with Crippen molar-refractivity contribution in [1.29, 1.82) is 0 Å². The molecule has 3 heterocycles. The normalized spacial score (nSPS) is 32.8. The average molecular weight is 271 g/mol. The highest BCUT2D eigenvalue weighted by atomic mass is 32.2. The summed E-state index contributed by atoms with van der Waals surface area (Å²) in [6.07, 6.45) is 1.08. The van der Waals surface area contributed by atoms with Crippen molar-refractivity contribution in [2.45, 2.75) is 24.7 Å². The molecule has 1 aromatic rings. The predicted octanol–water partition coefficient (Wildman–Crippen LogP) is 0.924. The van der Waals surface area contributed by atoms with Crippen molar-refractivity contribution in [2.75, 3.05) is 31.8 Å². The lowest BCUT2D eigenvalue weighted by molar-refractivity contribution is 0.0677. The summed E-state index contributed by atoms with van der Waals surface area (Å²) in [5, 5.41) is 7.35. The molecule has 3 rings (SSSR count). The first-order valence-electron chi connectivity index (χ1n) is 6.16. The van der Waals surface area contributed by atoms with E-state index in [1.165, 1.54) is 0 Å². The Bertz CT molecular complexity index is 395. The molecule has 3 unspecified atom stereocenters. The number of nitrogens with one attached hydrogen (secondary N) is 1. The van der Waals surface area contributed by atoms with Gasteiger partial charge in [0.1, 0.15) is 6.10 Å². The van der Waals surface area contributed by atoms with E-state index >= 15 is 0 Å². The molecule has 1 aromatic heterocycles. The Morgan fingerprint density at radius 3 is 3.17 bits per heavy atom. The molecule has 2 aliphatic heterocycles. The van der Waals surface area contributed by atoms with Crippen LogP contribution in [0.4, 0.5) is 0 Å². The molecule has 0 spiro atoms. The third-order valence-electron chi connectivity index (χ3n) is 3.28. The maximum atomic E-state index is 5.63. The SMILES string of the molecule is COC1CNC(c2nc(C3CSCCO3)no2)C1. The molecule has 100 valence electrons. The highest BCUT2D eigenvalue weighted by molar-refractivity contribution is 7.99. The van der Waals surface area contributed by atoms with Gasteiger partial charge in [-0.05, 0) is 6.42 Å². The number of rotatable bonds is 3. The van der Waals surface area contributed by atoms with Gasteiger partial charge in [-0.25, -0.2) is 0 Å². The summed E-state index contributed by atoms with van der Waals surface area (Å²) in [4.78, 5) is 4.45. The van der Waals surface area contributed by atoms with E-state index in [9.17, 15) is 0 Å². The molecule has 3 atom stereocenters. The smallest absolute Gasteiger partial charge is 0.243 e. The summed E-state index contributed by atoms with van der Waals surface area (Å²) in [5.74, 6) is 3.25. The molecule has 2 saturated heterocycles. The van der Waals surface area contributed by atoms with Crippen molar-refractivity contribution in [2.24, 2.45) is 0 Å². The van der Waals surface area contributed by atoms with E-state index in [1.54, 1.807) is 7.11 Å². The summed E-state index contributed by atoms with van der Waals surface area (Å²) < 4.78 is 16.3. The first-order valence-corrected chi connectivity index (χ1v) is 7.31. The van der Waals surface area contributed by atoms with Crippen LogP contribution in [0.2, 0.25) is 0 Å². The fourth-order valence-corrected chi connectivity index (χ4v) is 3.07. The minimum Gasteiger partial charge on any atom is -0.380 e. The molecular weight excluding hydrogens is 254 g/mol. The third-order valence-corrected chi connectivity index (χ3v) is 4.28. The highest BCUT2D eigenvalue weighted by Gasteiger charge is 2.31. The van der Waals surface area contributed by atoms with Gasteiger partial charge in [-0.2, -0.15) is 16.7 Å². The van der Waals surface area contributed by atoms with Crippen molar-refractivity contribution < 1.29 is 14.0 Å². The minimum absolute atomic E-state index is 0.0270. The van der Waals surface area contributed by atoms with E-state index in [1.807, 2.05) is 11.8 Å². The molecule has 6 nitrogen and oxygen atoms in total. The molecule has 0 aliphatic carbocycles. The molecule has 0 aromatic carbocycles. The lowest BCUT2D eigenvalue weighted by Crippen LogP contribution is -2.18. The number of thioether (sulfide) groups is 1. The van der Waals surface area contributed by atoms with Gasteiger partial charge in [0.15, 0.2) is 0 Å². The average Bonchev–Trinajstić information content (AvgIpc) is 3.08. The van der Waals surface area contributed by atoms with Crippen LogP contribution in [0, 0.1) is 0 Å². The highest BCUT2D eigenvalue weighted by Crippen LogP contribution is 2.28. The van der Waals surface area contributed by atoms with E-state index in [0.29, 0.717) is 11.7 Å². The molecule has 18 heavy (non-hydrogen) atoms. The van der Waals surface area contributed by atoms with E-state index in [-0.39, 0.29) is 18.2 Å². The molecule has 0 saturated carbocycles. The second-order valence-corrected chi connectivity index (χ2v) is 5.63. The molecule has 2 fully saturated rings. The molecule has 7 heteroatoms. The number of nitrogens with zero attached hydrogens (tertiary/aromatic N) is 2. The lowest BCUT2D eigenvalue weighted by atomic mass is 10.2. The molecule has 0 amide bonds. The zero-order valence-corrected chi connectivity index (χ0v) is 11.1. The summed E-state index contributed by atoms with van der Waals surface area (Å²) in [6.45, 7) is 1.58. The second kappa shape index (κ2) is 5.56. The van der Waals surface area contributed by atoms with Gasteiger partial charge in [0, 0.05) is 25.2 Å². The zero-order chi connectivity index (χ0) is 12.4. The minimum atomic E-state index is -0.0270. The quantitative estimate of drug-likeness (QED) is 0.876. The molecule has 0 radical (unpaired) electrons. The van der Waals surface area contributed by atoms with Crippen LogP contribution < -0.4 is 5.32 Å². The second-order valence-electron chi connectivity index (χ2n) is 4.48. The maximum Gasteiger partial charge on any atom is 0.243 e. The van der Waals surface area contributed by atoms with E-state index in [0.717, 1.165) is 31.1 Å². The van der Waals surface area contributed by atoms with Gasteiger partial charge >= 0.3 is 0 Å². The Labute approximate surface area is 110 Å². The first kappa shape index (κ1) is 12.4. The van der Waals surface area contributed by atoms with Crippen molar-refractivity contribution in [3.05, 3.63) is 11.7 Å². The largest absolute Gasteiger partial charge is 0.380 e. The van der Waals surface area contributed by atoms with Gasteiger partial charge in [-0.1, -0.05) is 5.16 Å². The fraction of sp³-hybridized carbons (Fsp3) is 0.818. The molecule has 1 N–H and O–H groups in total. The van der Waals surface area contributed by atoms with Crippen LogP contribution in [0.5, 0.6) is 0 Å². The standard InChI is InChI=1S/C11H17N3O3S/c1-15-7-4-8(12-5-7)11-13-10(14-17-11)9-6-18-3-2-16-9/h7-9,12H,2-6H2,1H3. The van der Waals surface area contributed by atoms with E-state index < -0.39 is 0 Å². The number of methoxy groups -OCH3 is 1. The van der Waals surface area contributed by atoms with Crippen LogP contribution in [0.15, 0.2) is 4.52 Å². The topological polar surface area (TPSA) is 69.4 Å². The Morgan fingerprint density at radius 2 is 2.44 bits per heavy atom. The van der Waals surface area contributed by atoms with Crippen molar-refractivity contribution in [3.63, 3.8) is 0 Å². The first-order chi connectivity index (χ1) is 8.86. The molecule has 2 aliphatic rings. The van der Waals surface area contributed by atoms with Gasteiger partial charge in [-0.15, -0.1) is 0 Å². The van der Waals surface area contributed by atoms with Crippen LogP contribution >= 0.6 is 11.8 Å². The summed E-state index contributed by atoms with van der Waals surface area (Å²) >= 11 is 1.86. The zero-order valence-electron chi connectivity index (χ0n) is 10.3. The van der Waals surface area contributed by atoms with Crippen LogP contribution in [-0.4, -0.2) is 48.0 Å². The molecule has 0 bridgehead atoms. The van der Waals surface area contributed by atoms with Crippen LogP contribution in [0.25, 0.3) is 0 Å². The van der Waals surface area contributed by atoms with E-state index in [4.69, 9.17) is 14.0 Å². The van der Waals surface area contributed by atoms with Crippen LogP contribution in [0.1, 0.15) is 30.3 Å². The monoisotopic (exact) mass is 271 g/mol. The number of ether oxygens (including phenoxy) is 2. The van der Waals surface area contributed by atoms with Crippen molar-refractivity contribution in [1.82, 2.24) is 15.5 Å². The fourth-order valence-electron chi connectivity index (χ4n) is 2.23. The number of hydrogen-bond donors (Lipinski definition) is 1. The Morgan fingerprint density at radius 1 is 1.50 bits per heavy atom. The van der Waals surface area contributed by atoms with Gasteiger partial charge in [0.05, 0.1) is 18.8 Å². The van der Waals surface area contributed by atoms with Crippen LogP contribution in [-0.2, 0) is 9.47 Å². The number of aromatic nitrogens is 2. The van der Waals surface area contributed by atoms with Gasteiger partial charge < -0.3 is 19.3 Å². The van der Waals surface area contributed by atoms with E-state index in [2.05, 4.69) is 15.5 Å². The summed E-state index contributed by atoms with van der Waals surface area (Å²) in [5.41, 5.74) is 0. The van der Waals surface area contributed by atoms with Gasteiger partial charge in [0.25, 0.3) is 0 Å². The Balaban J connectivity index is 1.66. The Hall–Kier alpha value is -0.630. The predicted molar refractivity (Wildman–Crippen MR) is 66.5 cm³/mol. The Kier molecular flexibility index (Phi) is 3.83. The number of hydrogen-bond acceptors (Lipinski definition) is 7. The lowest BCUT2D eigenvalue weighted by Gasteiger charge is -2.18.